The third kappa shape index (κ3) is 3.19. The number of urea groups is 1. The van der Waals surface area contributed by atoms with Crippen molar-refractivity contribution in [2.45, 2.75) is 12.5 Å². The van der Waals surface area contributed by atoms with Crippen LogP contribution in [0.5, 0.6) is 0 Å². The third-order valence-electron chi connectivity index (χ3n) is 3.99. The van der Waals surface area contributed by atoms with Crippen LogP contribution in [0.15, 0.2) is 36.7 Å². The van der Waals surface area contributed by atoms with E-state index in [0.717, 1.165) is 5.56 Å². The maximum absolute atomic E-state index is 13.7. The molecule has 3 rings (SSSR count). The molecule has 2 aromatic rings. The molecule has 1 saturated heterocycles. The highest BCUT2D eigenvalue weighted by Crippen LogP contribution is 2.29. The second-order valence-corrected chi connectivity index (χ2v) is 5.81. The van der Waals surface area contributed by atoms with E-state index in [0.29, 0.717) is 19.7 Å². The number of hydrogen-bond donors (Lipinski definition) is 1. The van der Waals surface area contributed by atoms with Crippen molar-refractivity contribution >= 4 is 11.7 Å². The van der Waals surface area contributed by atoms with Gasteiger partial charge in [0.1, 0.15) is 11.4 Å². The molecule has 1 aromatic carbocycles. The lowest BCUT2D eigenvalue weighted by Gasteiger charge is -2.39. The normalized spacial score (nSPS) is 21.3. The first kappa shape index (κ1) is 15.5. The minimum atomic E-state index is -0.626. The van der Waals surface area contributed by atoms with Crippen LogP contribution in [0.2, 0.25) is 0 Å². The molecule has 2 heterocycles. The minimum Gasteiger partial charge on any atom is -0.367 e. The molecule has 7 heteroatoms. The number of carbonyl (C=O) groups is 1. The van der Waals surface area contributed by atoms with Gasteiger partial charge in [-0.25, -0.2) is 9.18 Å². The first-order valence-electron chi connectivity index (χ1n) is 7.41. The van der Waals surface area contributed by atoms with Gasteiger partial charge in [-0.15, -0.1) is 0 Å². The van der Waals surface area contributed by atoms with Crippen molar-refractivity contribution in [3.05, 3.63) is 48.0 Å². The zero-order valence-electron chi connectivity index (χ0n) is 13.1. The van der Waals surface area contributed by atoms with E-state index in [1.807, 2.05) is 20.2 Å². The van der Waals surface area contributed by atoms with Crippen molar-refractivity contribution < 1.29 is 13.9 Å². The SMILES string of the molecule is Cn1cc([C@@]2(C)CN(C(=O)Nc3ccccc3F)CCO2)cn1. The number of ether oxygens (including phenoxy) is 1. The lowest BCUT2D eigenvalue weighted by atomic mass is 9.97. The Morgan fingerprint density at radius 1 is 1.43 bits per heavy atom. The quantitative estimate of drug-likeness (QED) is 0.924. The average Bonchev–Trinajstić information content (AvgIpc) is 2.97. The van der Waals surface area contributed by atoms with E-state index < -0.39 is 11.4 Å². The Kier molecular flexibility index (Phi) is 4.04. The van der Waals surface area contributed by atoms with Crippen LogP contribution in [-0.4, -0.2) is 40.4 Å². The Bertz CT molecular complexity index is 718. The van der Waals surface area contributed by atoms with Gasteiger partial charge in [0.15, 0.2) is 0 Å². The number of para-hydroxylation sites is 1. The van der Waals surface area contributed by atoms with Gasteiger partial charge in [-0.05, 0) is 19.1 Å². The number of nitrogens with one attached hydrogen (secondary N) is 1. The summed E-state index contributed by atoms with van der Waals surface area (Å²) >= 11 is 0. The molecule has 0 bridgehead atoms. The fourth-order valence-electron chi connectivity index (χ4n) is 2.67. The average molecular weight is 318 g/mol. The number of halogens is 1. The van der Waals surface area contributed by atoms with Crippen LogP contribution < -0.4 is 5.32 Å². The highest BCUT2D eigenvalue weighted by molar-refractivity contribution is 5.89. The molecule has 1 N–H and O–H groups in total. The number of morpholine rings is 1. The number of aromatic nitrogens is 2. The van der Waals surface area contributed by atoms with Gasteiger partial charge in [0.25, 0.3) is 0 Å². The molecule has 0 radical (unpaired) electrons. The van der Waals surface area contributed by atoms with E-state index in [2.05, 4.69) is 10.4 Å². The highest BCUT2D eigenvalue weighted by Gasteiger charge is 2.36. The smallest absolute Gasteiger partial charge is 0.322 e. The minimum absolute atomic E-state index is 0.173. The van der Waals surface area contributed by atoms with Crippen molar-refractivity contribution in [2.75, 3.05) is 25.0 Å². The number of rotatable bonds is 2. The fraction of sp³-hybridized carbons (Fsp3) is 0.375. The molecular formula is C16H19FN4O2. The zero-order valence-corrected chi connectivity index (χ0v) is 13.1. The molecular weight excluding hydrogens is 299 g/mol. The first-order valence-corrected chi connectivity index (χ1v) is 7.41. The molecule has 6 nitrogen and oxygen atoms in total. The van der Waals surface area contributed by atoms with Gasteiger partial charge in [0, 0.05) is 25.4 Å². The molecule has 0 spiro atoms. The van der Waals surface area contributed by atoms with E-state index in [9.17, 15) is 9.18 Å². The number of amides is 2. The summed E-state index contributed by atoms with van der Waals surface area (Å²) in [6.45, 7) is 3.16. The van der Waals surface area contributed by atoms with Gasteiger partial charge in [-0.3, -0.25) is 4.68 Å². The first-order chi connectivity index (χ1) is 11.0. The number of aryl methyl sites for hydroxylation is 1. The number of anilines is 1. The van der Waals surface area contributed by atoms with E-state index >= 15 is 0 Å². The maximum atomic E-state index is 13.7. The van der Waals surface area contributed by atoms with Crippen molar-refractivity contribution in [3.8, 4) is 0 Å². The van der Waals surface area contributed by atoms with E-state index in [1.54, 1.807) is 27.9 Å². The lowest BCUT2D eigenvalue weighted by molar-refractivity contribution is -0.0895. The summed E-state index contributed by atoms with van der Waals surface area (Å²) in [5.41, 5.74) is 0.453. The van der Waals surface area contributed by atoms with Crippen LogP contribution in [0, 0.1) is 5.82 Å². The lowest BCUT2D eigenvalue weighted by Crippen LogP contribution is -2.51. The Morgan fingerprint density at radius 3 is 2.91 bits per heavy atom. The van der Waals surface area contributed by atoms with Gasteiger partial charge < -0.3 is 15.0 Å². The summed E-state index contributed by atoms with van der Waals surface area (Å²) in [4.78, 5) is 14.0. The topological polar surface area (TPSA) is 59.4 Å². The number of carbonyl (C=O) groups excluding carboxylic acids is 1. The molecule has 0 saturated carbocycles. The van der Waals surface area contributed by atoms with Crippen molar-refractivity contribution in [1.29, 1.82) is 0 Å². The van der Waals surface area contributed by atoms with Gasteiger partial charge in [0.05, 0.1) is 25.0 Å². The molecule has 0 aliphatic carbocycles. The number of hydrogen-bond acceptors (Lipinski definition) is 3. The molecule has 1 aromatic heterocycles. The monoisotopic (exact) mass is 318 g/mol. The Labute approximate surface area is 133 Å². The summed E-state index contributed by atoms with van der Waals surface area (Å²) in [6.07, 6.45) is 3.61. The molecule has 23 heavy (non-hydrogen) atoms. The third-order valence-corrected chi connectivity index (χ3v) is 3.99. The van der Waals surface area contributed by atoms with Crippen LogP contribution >= 0.6 is 0 Å². The van der Waals surface area contributed by atoms with E-state index in [4.69, 9.17) is 4.74 Å². The van der Waals surface area contributed by atoms with Crippen molar-refractivity contribution in [3.63, 3.8) is 0 Å². The van der Waals surface area contributed by atoms with Crippen LogP contribution in [-0.2, 0) is 17.4 Å². The highest BCUT2D eigenvalue weighted by atomic mass is 19.1. The molecule has 1 atom stereocenters. The Balaban J connectivity index is 1.73. The molecule has 2 amide bonds. The summed E-state index contributed by atoms with van der Waals surface area (Å²) in [7, 11) is 1.83. The van der Waals surface area contributed by atoms with Gasteiger partial charge >= 0.3 is 6.03 Å². The van der Waals surface area contributed by atoms with Gasteiger partial charge in [0.2, 0.25) is 0 Å². The molecule has 1 aliphatic heterocycles. The van der Waals surface area contributed by atoms with Crippen LogP contribution in [0.3, 0.4) is 0 Å². The van der Waals surface area contributed by atoms with Crippen LogP contribution in [0.4, 0.5) is 14.9 Å². The van der Waals surface area contributed by atoms with Gasteiger partial charge in [-0.2, -0.15) is 5.10 Å². The van der Waals surface area contributed by atoms with E-state index in [1.165, 1.54) is 12.1 Å². The summed E-state index contributed by atoms with van der Waals surface area (Å²) < 4.78 is 21.2. The van der Waals surface area contributed by atoms with Crippen LogP contribution in [0.1, 0.15) is 12.5 Å². The second kappa shape index (κ2) is 6.00. The number of benzene rings is 1. The standard InChI is InChI=1S/C16H19FN4O2/c1-16(12-9-18-20(2)10-12)11-21(7-8-23-16)15(22)19-14-6-4-3-5-13(14)17/h3-6,9-10H,7-8,11H2,1-2H3,(H,19,22)/t16-/m1/s1. The fourth-order valence-corrected chi connectivity index (χ4v) is 2.67. The molecule has 122 valence electrons. The summed E-state index contributed by atoms with van der Waals surface area (Å²) in [6, 6.07) is 5.77. The predicted molar refractivity (Wildman–Crippen MR) is 83.5 cm³/mol. The van der Waals surface area contributed by atoms with Crippen molar-refractivity contribution in [2.24, 2.45) is 7.05 Å². The largest absolute Gasteiger partial charge is 0.367 e. The molecule has 1 fully saturated rings. The van der Waals surface area contributed by atoms with Gasteiger partial charge in [-0.1, -0.05) is 12.1 Å². The van der Waals surface area contributed by atoms with E-state index in [-0.39, 0.29) is 11.7 Å². The zero-order chi connectivity index (χ0) is 16.4. The van der Waals surface area contributed by atoms with Crippen LogP contribution in [0.25, 0.3) is 0 Å². The molecule has 1 aliphatic rings. The van der Waals surface area contributed by atoms with Crippen molar-refractivity contribution in [1.82, 2.24) is 14.7 Å². The Hall–Kier alpha value is -2.41. The Morgan fingerprint density at radius 2 is 2.22 bits per heavy atom. The second-order valence-electron chi connectivity index (χ2n) is 5.81. The molecule has 0 unspecified atom stereocenters. The number of nitrogens with zero attached hydrogens (tertiary/aromatic N) is 3. The summed E-state index contributed by atoms with van der Waals surface area (Å²) in [5, 5.41) is 6.76. The maximum Gasteiger partial charge on any atom is 0.322 e. The summed E-state index contributed by atoms with van der Waals surface area (Å²) in [5.74, 6) is -0.455. The predicted octanol–water partition coefficient (Wildman–Crippen LogP) is 2.34.